The Morgan fingerprint density at radius 3 is 2.04 bits per heavy atom. The van der Waals surface area contributed by atoms with E-state index in [0.29, 0.717) is 0 Å². The third-order valence-electron chi connectivity index (χ3n) is 4.88. The van der Waals surface area contributed by atoms with Crippen molar-refractivity contribution < 1.29 is 4.39 Å². The van der Waals surface area contributed by atoms with E-state index in [0.717, 1.165) is 39.2 Å². The number of halogens is 1. The quantitative estimate of drug-likeness (QED) is 0.357. The van der Waals surface area contributed by atoms with Crippen LogP contribution in [-0.4, -0.2) is 9.55 Å². The number of para-hydroxylation sites is 2. The Morgan fingerprint density at radius 1 is 0.643 bits per heavy atom. The van der Waals surface area contributed by atoms with Crippen LogP contribution >= 0.6 is 0 Å². The molecule has 4 aromatic carbocycles. The van der Waals surface area contributed by atoms with E-state index in [1.165, 1.54) is 6.07 Å². The molecule has 1 heterocycles. The third-order valence-corrected chi connectivity index (χ3v) is 4.88. The lowest BCUT2D eigenvalue weighted by Crippen LogP contribution is -2.00. The summed E-state index contributed by atoms with van der Waals surface area (Å²) in [6, 6.07) is 32.9. The van der Waals surface area contributed by atoms with Crippen molar-refractivity contribution >= 4 is 11.0 Å². The average molecular weight is 364 g/mol. The Hall–Kier alpha value is -3.72. The standard InChI is InChI=1S/C25H17FN2/c26-20-15-16-23(21(17-20)18-9-3-1-4-10-18)28-24-14-8-7-13-22(24)27-25(28)19-11-5-2-6-12-19/h1-17H. The molecular weight excluding hydrogens is 347 g/mol. The van der Waals surface area contributed by atoms with Gasteiger partial charge >= 0.3 is 0 Å². The average Bonchev–Trinajstić information content (AvgIpc) is 3.14. The first kappa shape index (κ1) is 16.5. The summed E-state index contributed by atoms with van der Waals surface area (Å²) in [5.41, 5.74) is 5.62. The zero-order valence-corrected chi connectivity index (χ0v) is 15.1. The predicted molar refractivity (Wildman–Crippen MR) is 112 cm³/mol. The van der Waals surface area contributed by atoms with Crippen LogP contribution in [0.1, 0.15) is 0 Å². The summed E-state index contributed by atoms with van der Waals surface area (Å²) in [5, 5.41) is 0. The summed E-state index contributed by atoms with van der Waals surface area (Å²) in [5.74, 6) is 0.582. The molecule has 0 spiro atoms. The van der Waals surface area contributed by atoms with Crippen molar-refractivity contribution in [3.63, 3.8) is 0 Å². The van der Waals surface area contributed by atoms with Crippen LogP contribution in [0.4, 0.5) is 4.39 Å². The highest BCUT2D eigenvalue weighted by Gasteiger charge is 2.17. The van der Waals surface area contributed by atoms with Gasteiger partial charge in [-0.1, -0.05) is 72.8 Å². The highest BCUT2D eigenvalue weighted by Crippen LogP contribution is 2.34. The fourth-order valence-electron chi connectivity index (χ4n) is 3.60. The number of benzene rings is 4. The van der Waals surface area contributed by atoms with Crippen molar-refractivity contribution in [2.45, 2.75) is 0 Å². The van der Waals surface area contributed by atoms with Crippen LogP contribution in [0, 0.1) is 5.82 Å². The van der Waals surface area contributed by atoms with Gasteiger partial charge in [0, 0.05) is 11.1 Å². The molecule has 5 aromatic rings. The summed E-state index contributed by atoms with van der Waals surface area (Å²) in [6.45, 7) is 0. The lowest BCUT2D eigenvalue weighted by Gasteiger charge is -2.15. The van der Waals surface area contributed by atoms with Gasteiger partial charge in [-0.05, 0) is 35.9 Å². The van der Waals surface area contributed by atoms with Gasteiger partial charge in [-0.25, -0.2) is 9.37 Å². The SMILES string of the molecule is Fc1ccc(-n2c(-c3ccccc3)nc3ccccc32)c(-c2ccccc2)c1. The summed E-state index contributed by atoms with van der Waals surface area (Å²) in [7, 11) is 0. The molecule has 2 nitrogen and oxygen atoms in total. The second kappa shape index (κ2) is 6.78. The molecule has 0 radical (unpaired) electrons. The van der Waals surface area contributed by atoms with Crippen LogP contribution in [0.25, 0.3) is 39.2 Å². The molecule has 1 aromatic heterocycles. The summed E-state index contributed by atoms with van der Waals surface area (Å²) in [6.07, 6.45) is 0. The summed E-state index contributed by atoms with van der Waals surface area (Å²) >= 11 is 0. The molecular formula is C25H17FN2. The van der Waals surface area contributed by atoms with Gasteiger partial charge in [0.1, 0.15) is 11.6 Å². The smallest absolute Gasteiger partial charge is 0.145 e. The minimum atomic E-state index is -0.256. The van der Waals surface area contributed by atoms with Gasteiger partial charge in [0.25, 0.3) is 0 Å². The Morgan fingerprint density at radius 2 is 1.29 bits per heavy atom. The van der Waals surface area contributed by atoms with Crippen LogP contribution in [0.15, 0.2) is 103 Å². The van der Waals surface area contributed by atoms with Crippen molar-refractivity contribution in [3.8, 4) is 28.2 Å². The highest BCUT2D eigenvalue weighted by molar-refractivity contribution is 5.86. The molecule has 0 unspecified atom stereocenters. The first-order valence-electron chi connectivity index (χ1n) is 9.19. The maximum atomic E-state index is 14.2. The van der Waals surface area contributed by atoms with Gasteiger partial charge in [0.2, 0.25) is 0 Å². The number of hydrogen-bond acceptors (Lipinski definition) is 1. The Kier molecular flexibility index (Phi) is 3.99. The second-order valence-corrected chi connectivity index (χ2v) is 6.65. The van der Waals surface area contributed by atoms with Crippen molar-refractivity contribution in [1.29, 1.82) is 0 Å². The van der Waals surface area contributed by atoms with Gasteiger partial charge in [-0.15, -0.1) is 0 Å². The topological polar surface area (TPSA) is 17.8 Å². The largest absolute Gasteiger partial charge is 0.292 e. The van der Waals surface area contributed by atoms with Crippen molar-refractivity contribution in [3.05, 3.63) is 109 Å². The van der Waals surface area contributed by atoms with E-state index < -0.39 is 0 Å². The first-order chi connectivity index (χ1) is 13.8. The number of nitrogens with zero attached hydrogens (tertiary/aromatic N) is 2. The molecule has 0 aliphatic rings. The Labute approximate surface area is 162 Å². The van der Waals surface area contributed by atoms with E-state index >= 15 is 0 Å². The van der Waals surface area contributed by atoms with Crippen molar-refractivity contribution in [2.75, 3.05) is 0 Å². The first-order valence-corrected chi connectivity index (χ1v) is 9.19. The van der Waals surface area contributed by atoms with E-state index in [2.05, 4.69) is 4.57 Å². The number of aromatic nitrogens is 2. The molecule has 3 heteroatoms. The fourth-order valence-corrected chi connectivity index (χ4v) is 3.60. The molecule has 0 saturated carbocycles. The third kappa shape index (κ3) is 2.78. The maximum Gasteiger partial charge on any atom is 0.145 e. The normalized spacial score (nSPS) is 11.0. The van der Waals surface area contributed by atoms with E-state index in [4.69, 9.17) is 4.98 Å². The molecule has 134 valence electrons. The van der Waals surface area contributed by atoms with Crippen LogP contribution in [-0.2, 0) is 0 Å². The molecule has 0 amide bonds. The minimum absolute atomic E-state index is 0.256. The van der Waals surface area contributed by atoms with Crippen LogP contribution in [0.2, 0.25) is 0 Å². The lowest BCUT2D eigenvalue weighted by molar-refractivity contribution is 0.628. The van der Waals surface area contributed by atoms with Gasteiger partial charge in [-0.2, -0.15) is 0 Å². The zero-order valence-electron chi connectivity index (χ0n) is 15.1. The molecule has 28 heavy (non-hydrogen) atoms. The predicted octanol–water partition coefficient (Wildman–Crippen LogP) is 6.50. The second-order valence-electron chi connectivity index (χ2n) is 6.65. The Bertz CT molecular complexity index is 1260. The lowest BCUT2D eigenvalue weighted by atomic mass is 10.0. The van der Waals surface area contributed by atoms with Crippen LogP contribution < -0.4 is 0 Å². The van der Waals surface area contributed by atoms with Gasteiger partial charge in [0.15, 0.2) is 0 Å². The zero-order chi connectivity index (χ0) is 18.9. The molecule has 0 aliphatic heterocycles. The van der Waals surface area contributed by atoms with Crippen molar-refractivity contribution in [2.24, 2.45) is 0 Å². The molecule has 0 atom stereocenters. The fraction of sp³-hybridized carbons (Fsp3) is 0. The number of hydrogen-bond donors (Lipinski definition) is 0. The number of imidazole rings is 1. The molecule has 0 bridgehead atoms. The van der Waals surface area contributed by atoms with E-state index in [1.54, 1.807) is 6.07 Å². The van der Waals surface area contributed by atoms with Crippen LogP contribution in [0.5, 0.6) is 0 Å². The molecule has 5 rings (SSSR count). The summed E-state index contributed by atoms with van der Waals surface area (Å²) < 4.78 is 16.3. The van der Waals surface area contributed by atoms with E-state index in [9.17, 15) is 4.39 Å². The monoisotopic (exact) mass is 364 g/mol. The Balaban J connectivity index is 1.86. The molecule has 0 fully saturated rings. The van der Waals surface area contributed by atoms with Gasteiger partial charge in [-0.3, -0.25) is 4.57 Å². The summed E-state index contributed by atoms with van der Waals surface area (Å²) in [4.78, 5) is 4.89. The highest BCUT2D eigenvalue weighted by atomic mass is 19.1. The molecule has 0 saturated heterocycles. The molecule has 0 aliphatic carbocycles. The molecule has 0 N–H and O–H groups in total. The van der Waals surface area contributed by atoms with Crippen LogP contribution in [0.3, 0.4) is 0 Å². The maximum absolute atomic E-state index is 14.2. The van der Waals surface area contributed by atoms with Gasteiger partial charge < -0.3 is 0 Å². The van der Waals surface area contributed by atoms with E-state index in [1.807, 2.05) is 91.0 Å². The number of rotatable bonds is 3. The number of fused-ring (bicyclic) bond motifs is 1. The van der Waals surface area contributed by atoms with Crippen molar-refractivity contribution in [1.82, 2.24) is 9.55 Å². The van der Waals surface area contributed by atoms with E-state index in [-0.39, 0.29) is 5.82 Å². The minimum Gasteiger partial charge on any atom is -0.292 e. The van der Waals surface area contributed by atoms with Gasteiger partial charge in [0.05, 0.1) is 16.7 Å².